The Balaban J connectivity index is 2.48. The number of aliphatic hydroxyl groups is 4. The van der Waals surface area contributed by atoms with Gasteiger partial charge in [0.2, 0.25) is 5.79 Å². The summed E-state index contributed by atoms with van der Waals surface area (Å²) in [6.45, 7) is -0.236. The van der Waals surface area contributed by atoms with Crippen molar-refractivity contribution >= 4 is 0 Å². The van der Waals surface area contributed by atoms with Gasteiger partial charge in [0.1, 0.15) is 0 Å². The fourth-order valence-electron chi connectivity index (χ4n) is 0.909. The largest absolute Gasteiger partial charge is 0.394 e. The third kappa shape index (κ3) is 1.88. The zero-order valence-electron chi connectivity index (χ0n) is 5.90. The average Bonchev–Trinajstić information content (AvgIpc) is 1.95. The normalized spacial score (nSPS) is 32.2. The van der Waals surface area contributed by atoms with Gasteiger partial charge in [-0.25, -0.2) is 0 Å². The average molecular weight is 163 g/mol. The lowest BCUT2D eigenvalue weighted by molar-refractivity contribution is -0.280. The SMILES string of the molecule is OCC1CCC(O)(O)[C](O)O1. The molecule has 0 amide bonds. The van der Waals surface area contributed by atoms with E-state index in [1.807, 2.05) is 0 Å². The molecule has 0 aromatic carbocycles. The van der Waals surface area contributed by atoms with E-state index in [4.69, 9.17) is 20.4 Å². The Labute approximate surface area is 63.8 Å². The lowest BCUT2D eigenvalue weighted by Crippen LogP contribution is -2.45. The zero-order valence-corrected chi connectivity index (χ0v) is 5.90. The highest BCUT2D eigenvalue weighted by Gasteiger charge is 2.42. The molecule has 0 saturated carbocycles. The molecule has 1 aliphatic rings. The quantitative estimate of drug-likeness (QED) is 0.361. The topological polar surface area (TPSA) is 90.2 Å². The fourth-order valence-corrected chi connectivity index (χ4v) is 0.909. The first-order chi connectivity index (χ1) is 5.06. The van der Waals surface area contributed by atoms with Crippen LogP contribution in [-0.4, -0.2) is 38.9 Å². The first kappa shape index (κ1) is 8.89. The molecule has 0 bridgehead atoms. The molecule has 1 rings (SSSR count). The minimum atomic E-state index is -2.24. The molecular weight excluding hydrogens is 152 g/mol. The second-order valence-electron chi connectivity index (χ2n) is 2.58. The second-order valence-corrected chi connectivity index (χ2v) is 2.58. The Morgan fingerprint density at radius 1 is 1.55 bits per heavy atom. The summed E-state index contributed by atoms with van der Waals surface area (Å²) in [5.41, 5.74) is 0. The van der Waals surface area contributed by atoms with Crippen molar-refractivity contribution in [2.45, 2.75) is 24.7 Å². The van der Waals surface area contributed by atoms with Crippen LogP contribution in [0.25, 0.3) is 0 Å². The summed E-state index contributed by atoms with van der Waals surface area (Å²) >= 11 is 0. The highest BCUT2D eigenvalue weighted by atomic mass is 16.7. The predicted molar refractivity (Wildman–Crippen MR) is 33.5 cm³/mol. The van der Waals surface area contributed by atoms with Crippen LogP contribution in [0.4, 0.5) is 0 Å². The van der Waals surface area contributed by atoms with Crippen LogP contribution in [0, 0.1) is 6.29 Å². The molecule has 0 aromatic rings. The third-order valence-corrected chi connectivity index (χ3v) is 1.64. The Kier molecular flexibility index (Phi) is 2.46. The van der Waals surface area contributed by atoms with Gasteiger partial charge in [0, 0.05) is 6.42 Å². The van der Waals surface area contributed by atoms with Gasteiger partial charge in [0.15, 0.2) is 0 Å². The Bertz CT molecular complexity index is 135. The highest BCUT2D eigenvalue weighted by molar-refractivity contribution is 4.88. The molecule has 0 spiro atoms. The van der Waals surface area contributed by atoms with Gasteiger partial charge in [0.25, 0.3) is 6.29 Å². The van der Waals surface area contributed by atoms with Crippen LogP contribution in [0.5, 0.6) is 0 Å². The summed E-state index contributed by atoms with van der Waals surface area (Å²) in [5, 5.41) is 35.2. The number of ether oxygens (including phenoxy) is 1. The van der Waals surface area contributed by atoms with E-state index in [9.17, 15) is 0 Å². The summed E-state index contributed by atoms with van der Waals surface area (Å²) in [6.07, 6.45) is -1.07. The van der Waals surface area contributed by atoms with E-state index in [-0.39, 0.29) is 13.0 Å². The van der Waals surface area contributed by atoms with Gasteiger partial charge >= 0.3 is 0 Å². The van der Waals surface area contributed by atoms with E-state index in [0.29, 0.717) is 6.42 Å². The fraction of sp³-hybridized carbons (Fsp3) is 0.833. The maximum Gasteiger partial charge on any atom is 0.282 e. The van der Waals surface area contributed by atoms with Crippen molar-refractivity contribution < 1.29 is 25.2 Å². The van der Waals surface area contributed by atoms with Gasteiger partial charge in [-0.15, -0.1) is 0 Å². The number of hydrogen-bond acceptors (Lipinski definition) is 5. The molecule has 1 unspecified atom stereocenters. The molecular formula is C6H11O5. The highest BCUT2D eigenvalue weighted by Crippen LogP contribution is 2.29. The van der Waals surface area contributed by atoms with Crippen LogP contribution < -0.4 is 0 Å². The lowest BCUT2D eigenvalue weighted by atomic mass is 10.0. The maximum absolute atomic E-state index is 8.92. The third-order valence-electron chi connectivity index (χ3n) is 1.64. The summed E-state index contributed by atoms with van der Waals surface area (Å²) in [7, 11) is 0. The van der Waals surface area contributed by atoms with E-state index in [1.165, 1.54) is 0 Å². The van der Waals surface area contributed by atoms with Crippen LogP contribution in [0.2, 0.25) is 0 Å². The molecule has 4 N–H and O–H groups in total. The zero-order chi connectivity index (χ0) is 8.48. The van der Waals surface area contributed by atoms with E-state index in [0.717, 1.165) is 0 Å². The van der Waals surface area contributed by atoms with Crippen LogP contribution in [0.15, 0.2) is 0 Å². The monoisotopic (exact) mass is 163 g/mol. The molecule has 0 aromatic heterocycles. The standard InChI is InChI=1S/C6H11O5/c7-3-4-1-2-6(9,10)5(8)11-4/h4,7-10H,1-3H2. The van der Waals surface area contributed by atoms with E-state index in [2.05, 4.69) is 4.74 Å². The van der Waals surface area contributed by atoms with Crippen molar-refractivity contribution in [1.82, 2.24) is 0 Å². The molecule has 5 nitrogen and oxygen atoms in total. The number of aliphatic hydroxyl groups excluding tert-OH is 2. The van der Waals surface area contributed by atoms with Crippen molar-refractivity contribution in [2.24, 2.45) is 0 Å². The molecule has 1 aliphatic heterocycles. The minimum absolute atomic E-state index is 0.0238. The number of rotatable bonds is 1. The van der Waals surface area contributed by atoms with Crippen LogP contribution in [-0.2, 0) is 4.74 Å². The number of hydrogen-bond donors (Lipinski definition) is 4. The Morgan fingerprint density at radius 3 is 2.64 bits per heavy atom. The Morgan fingerprint density at radius 2 is 2.18 bits per heavy atom. The molecule has 0 aliphatic carbocycles. The van der Waals surface area contributed by atoms with Crippen molar-refractivity contribution in [3.63, 3.8) is 0 Å². The smallest absolute Gasteiger partial charge is 0.282 e. The first-order valence-electron chi connectivity index (χ1n) is 3.35. The molecule has 1 heterocycles. The van der Waals surface area contributed by atoms with Gasteiger partial charge in [-0.3, -0.25) is 0 Å². The molecule has 1 radical (unpaired) electrons. The molecule has 1 fully saturated rings. The van der Waals surface area contributed by atoms with E-state index < -0.39 is 18.2 Å². The van der Waals surface area contributed by atoms with Crippen LogP contribution in [0.3, 0.4) is 0 Å². The van der Waals surface area contributed by atoms with E-state index >= 15 is 0 Å². The lowest BCUT2D eigenvalue weighted by Gasteiger charge is -2.33. The molecule has 5 heteroatoms. The summed E-state index contributed by atoms with van der Waals surface area (Å²) in [6, 6.07) is 0. The maximum atomic E-state index is 8.92. The molecule has 1 saturated heterocycles. The van der Waals surface area contributed by atoms with E-state index in [1.54, 1.807) is 0 Å². The van der Waals surface area contributed by atoms with Gasteiger partial charge in [-0.1, -0.05) is 0 Å². The minimum Gasteiger partial charge on any atom is -0.394 e. The second kappa shape index (κ2) is 3.04. The molecule has 1 atom stereocenters. The summed E-state index contributed by atoms with van der Waals surface area (Å²) in [5.74, 6) is -2.24. The van der Waals surface area contributed by atoms with Gasteiger partial charge in [-0.05, 0) is 6.42 Å². The van der Waals surface area contributed by atoms with Crippen LogP contribution >= 0.6 is 0 Å². The molecule has 11 heavy (non-hydrogen) atoms. The van der Waals surface area contributed by atoms with Crippen molar-refractivity contribution in [3.05, 3.63) is 6.29 Å². The van der Waals surface area contributed by atoms with Crippen molar-refractivity contribution in [3.8, 4) is 0 Å². The summed E-state index contributed by atoms with van der Waals surface area (Å²) in [4.78, 5) is 0. The van der Waals surface area contributed by atoms with Gasteiger partial charge < -0.3 is 25.2 Å². The molecule has 65 valence electrons. The van der Waals surface area contributed by atoms with Crippen LogP contribution in [0.1, 0.15) is 12.8 Å². The van der Waals surface area contributed by atoms with Gasteiger partial charge in [0.05, 0.1) is 12.7 Å². The Hall–Kier alpha value is -0.200. The predicted octanol–water partition coefficient (Wildman–Crippen LogP) is -1.30. The summed E-state index contributed by atoms with van der Waals surface area (Å²) < 4.78 is 4.57. The first-order valence-corrected chi connectivity index (χ1v) is 3.35. The van der Waals surface area contributed by atoms with Gasteiger partial charge in [-0.2, -0.15) is 0 Å². The van der Waals surface area contributed by atoms with Crippen molar-refractivity contribution in [2.75, 3.05) is 6.61 Å². The van der Waals surface area contributed by atoms with Crippen molar-refractivity contribution in [1.29, 1.82) is 0 Å².